The highest BCUT2D eigenvalue weighted by Crippen LogP contribution is 2.25. The molecule has 1 aliphatic carbocycles. The molecule has 0 atom stereocenters. The van der Waals surface area contributed by atoms with Crippen molar-refractivity contribution in [3.8, 4) is 0 Å². The van der Waals surface area contributed by atoms with E-state index >= 15 is 0 Å². The van der Waals surface area contributed by atoms with Crippen LogP contribution in [0.15, 0.2) is 18.2 Å². The fourth-order valence-electron chi connectivity index (χ4n) is 2.66. The maximum Gasteiger partial charge on any atom is 0.159 e. The summed E-state index contributed by atoms with van der Waals surface area (Å²) in [5, 5.41) is 0. The first-order valence-electron chi connectivity index (χ1n) is 6.52. The van der Waals surface area contributed by atoms with Gasteiger partial charge in [-0.2, -0.15) is 0 Å². The smallest absolute Gasteiger partial charge is 0.159 e. The molecule has 0 saturated heterocycles. The number of halogens is 2. The van der Waals surface area contributed by atoms with Crippen LogP contribution in [0.5, 0.6) is 0 Å². The van der Waals surface area contributed by atoms with Gasteiger partial charge >= 0.3 is 0 Å². The van der Waals surface area contributed by atoms with E-state index in [1.54, 1.807) is 6.07 Å². The van der Waals surface area contributed by atoms with Gasteiger partial charge < -0.3 is 5.73 Å². The summed E-state index contributed by atoms with van der Waals surface area (Å²) in [6, 6.07) is 4.46. The average Bonchev–Trinajstić information content (AvgIpc) is 2.86. The lowest BCUT2D eigenvalue weighted by Crippen LogP contribution is -2.38. The molecule has 0 amide bonds. The highest BCUT2D eigenvalue weighted by atomic mass is 32.1. The van der Waals surface area contributed by atoms with E-state index < -0.39 is 11.6 Å². The Morgan fingerprint density at radius 2 is 1.95 bits per heavy atom. The summed E-state index contributed by atoms with van der Waals surface area (Å²) in [5.74, 6) is -1.62. The second-order valence-corrected chi connectivity index (χ2v) is 5.58. The lowest BCUT2D eigenvalue weighted by atomic mass is 10.1. The van der Waals surface area contributed by atoms with E-state index in [-0.39, 0.29) is 0 Å². The van der Waals surface area contributed by atoms with Crippen LogP contribution < -0.4 is 5.73 Å². The summed E-state index contributed by atoms with van der Waals surface area (Å²) in [7, 11) is 0. The maximum absolute atomic E-state index is 13.2. The number of nitrogens with two attached hydrogens (primary N) is 1. The Bertz CT molecular complexity index is 459. The minimum atomic E-state index is -0.814. The molecule has 0 aromatic heterocycles. The zero-order chi connectivity index (χ0) is 13.8. The molecule has 1 aromatic carbocycles. The van der Waals surface area contributed by atoms with Crippen LogP contribution in [0.1, 0.15) is 31.2 Å². The summed E-state index contributed by atoms with van der Waals surface area (Å²) >= 11 is 4.97. The van der Waals surface area contributed by atoms with Crippen LogP contribution in [-0.4, -0.2) is 22.5 Å². The van der Waals surface area contributed by atoms with E-state index in [4.69, 9.17) is 18.0 Å². The van der Waals surface area contributed by atoms with Gasteiger partial charge in [-0.3, -0.25) is 4.90 Å². The molecule has 104 valence electrons. The van der Waals surface area contributed by atoms with Crippen molar-refractivity contribution in [2.45, 2.75) is 38.3 Å². The maximum atomic E-state index is 13.2. The van der Waals surface area contributed by atoms with E-state index in [0.29, 0.717) is 24.1 Å². The van der Waals surface area contributed by atoms with Crippen molar-refractivity contribution in [1.82, 2.24) is 4.90 Å². The molecule has 2 rings (SSSR count). The van der Waals surface area contributed by atoms with E-state index in [2.05, 4.69) is 4.90 Å². The Kier molecular flexibility index (Phi) is 4.82. The molecular formula is C14H18F2N2S. The molecule has 1 fully saturated rings. The molecule has 0 unspecified atom stereocenters. The summed E-state index contributed by atoms with van der Waals surface area (Å²) in [6.45, 7) is 1.08. The quantitative estimate of drug-likeness (QED) is 0.843. The highest BCUT2D eigenvalue weighted by Gasteiger charge is 2.23. The number of benzene rings is 1. The number of hydrogen-bond donors (Lipinski definition) is 1. The molecule has 0 heterocycles. The first-order chi connectivity index (χ1) is 9.06. The largest absolute Gasteiger partial charge is 0.392 e. The van der Waals surface area contributed by atoms with Gasteiger partial charge in [0.1, 0.15) is 0 Å². The molecular weight excluding hydrogens is 266 g/mol. The van der Waals surface area contributed by atoms with Gasteiger partial charge in [0, 0.05) is 19.1 Å². The van der Waals surface area contributed by atoms with Gasteiger partial charge in [-0.25, -0.2) is 8.78 Å². The van der Waals surface area contributed by atoms with Crippen molar-refractivity contribution in [3.63, 3.8) is 0 Å². The van der Waals surface area contributed by atoms with Gasteiger partial charge in [-0.05, 0) is 30.5 Å². The summed E-state index contributed by atoms with van der Waals surface area (Å²) in [4.78, 5) is 2.61. The lowest BCUT2D eigenvalue weighted by Gasteiger charge is -2.28. The second kappa shape index (κ2) is 6.39. The van der Waals surface area contributed by atoms with E-state index in [1.165, 1.54) is 18.9 Å². The summed E-state index contributed by atoms with van der Waals surface area (Å²) in [6.07, 6.45) is 4.64. The Balaban J connectivity index is 2.09. The monoisotopic (exact) mass is 284 g/mol. The molecule has 0 radical (unpaired) electrons. The molecule has 2 nitrogen and oxygen atoms in total. The fourth-order valence-corrected chi connectivity index (χ4v) is 2.82. The van der Waals surface area contributed by atoms with E-state index in [1.807, 2.05) is 0 Å². The molecule has 0 aliphatic heterocycles. The third kappa shape index (κ3) is 3.94. The topological polar surface area (TPSA) is 29.3 Å². The van der Waals surface area contributed by atoms with Crippen molar-refractivity contribution in [2.24, 2.45) is 5.73 Å². The number of thiocarbonyl (C=S) groups is 1. The SMILES string of the molecule is NC(=S)CN(Cc1ccc(F)c(F)c1)C1CCCC1. The second-order valence-electron chi connectivity index (χ2n) is 5.06. The van der Waals surface area contributed by atoms with Crippen molar-refractivity contribution >= 4 is 17.2 Å². The third-order valence-corrected chi connectivity index (χ3v) is 3.70. The van der Waals surface area contributed by atoms with Crippen molar-refractivity contribution < 1.29 is 8.78 Å². The summed E-state index contributed by atoms with van der Waals surface area (Å²) in [5.41, 5.74) is 6.38. The first kappa shape index (κ1) is 14.3. The predicted molar refractivity (Wildman–Crippen MR) is 75.8 cm³/mol. The van der Waals surface area contributed by atoms with Gasteiger partial charge in [0.25, 0.3) is 0 Å². The third-order valence-electron chi connectivity index (χ3n) is 3.57. The van der Waals surface area contributed by atoms with Crippen LogP contribution in [0.2, 0.25) is 0 Å². The zero-order valence-corrected chi connectivity index (χ0v) is 11.6. The fraction of sp³-hybridized carbons (Fsp3) is 0.500. The van der Waals surface area contributed by atoms with Gasteiger partial charge in [-0.15, -0.1) is 0 Å². The van der Waals surface area contributed by atoms with Crippen LogP contribution in [0, 0.1) is 11.6 Å². The minimum absolute atomic E-state index is 0.439. The Morgan fingerprint density at radius 1 is 1.26 bits per heavy atom. The standard InChI is InChI=1S/C14H18F2N2S/c15-12-6-5-10(7-13(12)16)8-18(9-14(17)19)11-3-1-2-4-11/h5-7,11H,1-4,8-9H2,(H2,17,19). The molecule has 1 aromatic rings. The molecule has 19 heavy (non-hydrogen) atoms. The van der Waals surface area contributed by atoms with Gasteiger partial charge in [0.15, 0.2) is 11.6 Å². The average molecular weight is 284 g/mol. The number of hydrogen-bond acceptors (Lipinski definition) is 2. The van der Waals surface area contributed by atoms with Gasteiger partial charge in [0.2, 0.25) is 0 Å². The van der Waals surface area contributed by atoms with Crippen molar-refractivity contribution in [3.05, 3.63) is 35.4 Å². The number of rotatable bonds is 5. The molecule has 1 saturated carbocycles. The Labute approximate surface area is 117 Å². The Morgan fingerprint density at radius 3 is 2.53 bits per heavy atom. The zero-order valence-electron chi connectivity index (χ0n) is 10.7. The molecule has 0 bridgehead atoms. The van der Waals surface area contributed by atoms with Crippen LogP contribution in [0.4, 0.5) is 8.78 Å². The van der Waals surface area contributed by atoms with Crippen molar-refractivity contribution in [1.29, 1.82) is 0 Å². The van der Waals surface area contributed by atoms with Crippen LogP contribution in [-0.2, 0) is 6.54 Å². The van der Waals surface area contributed by atoms with Crippen LogP contribution in [0.25, 0.3) is 0 Å². The van der Waals surface area contributed by atoms with Crippen molar-refractivity contribution in [2.75, 3.05) is 6.54 Å². The predicted octanol–water partition coefficient (Wildman–Crippen LogP) is 3.00. The molecule has 0 spiro atoms. The normalized spacial score (nSPS) is 16.2. The number of nitrogens with zero attached hydrogens (tertiary/aromatic N) is 1. The van der Waals surface area contributed by atoms with E-state index in [9.17, 15) is 8.78 Å². The Hall–Kier alpha value is -1.07. The molecule has 5 heteroatoms. The van der Waals surface area contributed by atoms with Crippen LogP contribution in [0.3, 0.4) is 0 Å². The molecule has 2 N–H and O–H groups in total. The lowest BCUT2D eigenvalue weighted by molar-refractivity contribution is 0.218. The first-order valence-corrected chi connectivity index (χ1v) is 6.93. The van der Waals surface area contributed by atoms with Crippen LogP contribution >= 0.6 is 12.2 Å². The minimum Gasteiger partial charge on any atom is -0.392 e. The van der Waals surface area contributed by atoms with Gasteiger partial charge in [-0.1, -0.05) is 31.1 Å². The molecule has 1 aliphatic rings. The van der Waals surface area contributed by atoms with E-state index in [0.717, 1.165) is 24.5 Å². The van der Waals surface area contributed by atoms with Gasteiger partial charge in [0.05, 0.1) is 4.99 Å². The highest BCUT2D eigenvalue weighted by molar-refractivity contribution is 7.80. The summed E-state index contributed by atoms with van der Waals surface area (Å²) < 4.78 is 26.1.